The minimum Gasteiger partial charge on any atom is -0.254 e. The molecule has 0 spiro atoms. The first-order valence-corrected chi connectivity index (χ1v) is 3.68. The van der Waals surface area contributed by atoms with E-state index in [0.29, 0.717) is 3.57 Å². The molecule has 0 aromatic carbocycles. The summed E-state index contributed by atoms with van der Waals surface area (Å²) in [6, 6.07) is 3.24. The van der Waals surface area contributed by atoms with Crippen molar-refractivity contribution in [3.63, 3.8) is 0 Å². The fourth-order valence-corrected chi connectivity index (χ4v) is 1.14. The second-order valence-electron chi connectivity index (χ2n) is 1.67. The number of rotatable bonds is 1. The van der Waals surface area contributed by atoms with Crippen LogP contribution in [0.5, 0.6) is 0 Å². The predicted molar refractivity (Wildman–Crippen MR) is 41.9 cm³/mol. The monoisotopic (exact) mass is 255 g/mol. The molecule has 0 N–H and O–H groups in total. The average Bonchev–Trinajstić information content (AvgIpc) is 1.88. The SMILES string of the molecule is FC(F)c1ncccc1I. The minimum atomic E-state index is -2.46. The van der Waals surface area contributed by atoms with Gasteiger partial charge in [-0.1, -0.05) is 0 Å². The molecule has 54 valence electrons. The molecular weight excluding hydrogens is 251 g/mol. The van der Waals surface area contributed by atoms with E-state index in [9.17, 15) is 8.78 Å². The number of hydrogen-bond donors (Lipinski definition) is 0. The molecule has 0 unspecified atom stereocenters. The van der Waals surface area contributed by atoms with Crippen LogP contribution in [0.3, 0.4) is 0 Å². The van der Waals surface area contributed by atoms with Crippen molar-refractivity contribution in [3.05, 3.63) is 27.6 Å². The number of hydrogen-bond acceptors (Lipinski definition) is 1. The summed E-state index contributed by atoms with van der Waals surface area (Å²) in [5.41, 5.74) is -0.136. The van der Waals surface area contributed by atoms with Gasteiger partial charge >= 0.3 is 0 Å². The Kier molecular flexibility index (Phi) is 2.53. The molecule has 0 aliphatic rings. The van der Waals surface area contributed by atoms with E-state index in [0.717, 1.165) is 0 Å². The van der Waals surface area contributed by atoms with E-state index in [4.69, 9.17) is 0 Å². The van der Waals surface area contributed by atoms with Crippen molar-refractivity contribution in [2.75, 3.05) is 0 Å². The molecule has 0 saturated heterocycles. The Morgan fingerprint density at radius 3 is 2.60 bits per heavy atom. The Bertz CT molecular complexity index is 227. The van der Waals surface area contributed by atoms with Crippen LogP contribution in [0.1, 0.15) is 12.1 Å². The van der Waals surface area contributed by atoms with Crippen LogP contribution in [0.2, 0.25) is 0 Å². The molecule has 10 heavy (non-hydrogen) atoms. The third-order valence-electron chi connectivity index (χ3n) is 0.994. The zero-order valence-corrected chi connectivity index (χ0v) is 7.05. The lowest BCUT2D eigenvalue weighted by molar-refractivity contribution is 0.145. The molecule has 0 aliphatic heterocycles. The lowest BCUT2D eigenvalue weighted by Crippen LogP contribution is -1.91. The molecule has 1 heterocycles. The largest absolute Gasteiger partial charge is 0.281 e. The van der Waals surface area contributed by atoms with Crippen LogP contribution in [-0.2, 0) is 0 Å². The summed E-state index contributed by atoms with van der Waals surface area (Å²) in [5.74, 6) is 0. The standard InChI is InChI=1S/C6H4F2IN/c7-6(8)5-4(9)2-1-3-10-5/h1-3,6H. The highest BCUT2D eigenvalue weighted by Gasteiger charge is 2.10. The van der Waals surface area contributed by atoms with Crippen LogP contribution in [-0.4, -0.2) is 4.98 Å². The summed E-state index contributed by atoms with van der Waals surface area (Å²) < 4.78 is 24.4. The quantitative estimate of drug-likeness (QED) is 0.703. The van der Waals surface area contributed by atoms with Crippen molar-refractivity contribution in [2.45, 2.75) is 6.43 Å². The molecular formula is C6H4F2IN. The van der Waals surface area contributed by atoms with Gasteiger partial charge in [0.2, 0.25) is 0 Å². The molecule has 0 radical (unpaired) electrons. The van der Waals surface area contributed by atoms with Gasteiger partial charge in [-0.3, -0.25) is 4.98 Å². The van der Waals surface area contributed by atoms with E-state index in [2.05, 4.69) is 4.98 Å². The van der Waals surface area contributed by atoms with E-state index in [1.165, 1.54) is 6.20 Å². The zero-order chi connectivity index (χ0) is 7.56. The molecule has 0 bridgehead atoms. The summed E-state index contributed by atoms with van der Waals surface area (Å²) in [4.78, 5) is 3.52. The highest BCUT2D eigenvalue weighted by atomic mass is 127. The van der Waals surface area contributed by atoms with E-state index in [1.807, 2.05) is 22.6 Å². The Morgan fingerprint density at radius 2 is 2.20 bits per heavy atom. The van der Waals surface area contributed by atoms with Gasteiger partial charge < -0.3 is 0 Å². The maximum Gasteiger partial charge on any atom is 0.281 e. The molecule has 1 nitrogen and oxygen atoms in total. The molecule has 0 amide bonds. The first kappa shape index (κ1) is 7.84. The molecule has 1 aromatic rings. The van der Waals surface area contributed by atoms with Gasteiger partial charge in [0.15, 0.2) is 0 Å². The lowest BCUT2D eigenvalue weighted by atomic mass is 10.4. The predicted octanol–water partition coefficient (Wildman–Crippen LogP) is 2.62. The fourth-order valence-electron chi connectivity index (χ4n) is 0.558. The molecule has 0 aliphatic carbocycles. The molecule has 0 saturated carbocycles. The maximum absolute atomic E-state index is 12.0. The molecule has 4 heteroatoms. The normalized spacial score (nSPS) is 10.4. The summed E-state index contributed by atoms with van der Waals surface area (Å²) in [6.07, 6.45) is -1.10. The van der Waals surface area contributed by atoms with Gasteiger partial charge in [0, 0.05) is 9.77 Å². The Balaban J connectivity index is 3.03. The van der Waals surface area contributed by atoms with Gasteiger partial charge in [-0.15, -0.1) is 0 Å². The first-order chi connectivity index (χ1) is 4.72. The van der Waals surface area contributed by atoms with Crippen LogP contribution >= 0.6 is 22.6 Å². The van der Waals surface area contributed by atoms with Gasteiger partial charge in [-0.05, 0) is 34.7 Å². The lowest BCUT2D eigenvalue weighted by Gasteiger charge is -1.98. The third-order valence-corrected chi connectivity index (χ3v) is 1.91. The first-order valence-electron chi connectivity index (χ1n) is 2.60. The number of aromatic nitrogens is 1. The van der Waals surface area contributed by atoms with Crippen LogP contribution < -0.4 is 0 Å². The number of pyridine rings is 1. The topological polar surface area (TPSA) is 12.9 Å². The highest BCUT2D eigenvalue weighted by molar-refractivity contribution is 14.1. The van der Waals surface area contributed by atoms with Crippen molar-refractivity contribution in [3.8, 4) is 0 Å². The average molecular weight is 255 g/mol. The number of halogens is 3. The van der Waals surface area contributed by atoms with E-state index < -0.39 is 6.43 Å². The van der Waals surface area contributed by atoms with Crippen molar-refractivity contribution >= 4 is 22.6 Å². The molecule has 1 rings (SSSR count). The minimum absolute atomic E-state index is 0.136. The van der Waals surface area contributed by atoms with Gasteiger partial charge in [-0.2, -0.15) is 0 Å². The Labute approximate surface area is 70.6 Å². The van der Waals surface area contributed by atoms with Gasteiger partial charge in [0.1, 0.15) is 5.69 Å². The summed E-state index contributed by atoms with van der Waals surface area (Å²) in [6.45, 7) is 0. The number of nitrogens with zero attached hydrogens (tertiary/aromatic N) is 1. The van der Waals surface area contributed by atoms with Crippen LogP contribution in [0.4, 0.5) is 8.78 Å². The third kappa shape index (κ3) is 1.62. The van der Waals surface area contributed by atoms with Gasteiger partial charge in [0.05, 0.1) is 0 Å². The van der Waals surface area contributed by atoms with E-state index >= 15 is 0 Å². The van der Waals surface area contributed by atoms with Crippen LogP contribution in [0.15, 0.2) is 18.3 Å². The second kappa shape index (κ2) is 3.23. The Hall–Kier alpha value is -0.260. The van der Waals surface area contributed by atoms with Crippen molar-refractivity contribution in [1.82, 2.24) is 4.98 Å². The van der Waals surface area contributed by atoms with E-state index in [-0.39, 0.29) is 5.69 Å². The Morgan fingerprint density at radius 1 is 1.50 bits per heavy atom. The fraction of sp³-hybridized carbons (Fsp3) is 0.167. The smallest absolute Gasteiger partial charge is 0.254 e. The maximum atomic E-state index is 12.0. The highest BCUT2D eigenvalue weighted by Crippen LogP contribution is 2.20. The van der Waals surface area contributed by atoms with Crippen molar-refractivity contribution in [2.24, 2.45) is 0 Å². The summed E-state index contributed by atoms with van der Waals surface area (Å²) >= 11 is 1.83. The van der Waals surface area contributed by atoms with Crippen LogP contribution in [0, 0.1) is 3.57 Å². The molecule has 0 atom stereocenters. The van der Waals surface area contributed by atoms with Crippen LogP contribution in [0.25, 0.3) is 0 Å². The van der Waals surface area contributed by atoms with Gasteiger partial charge in [0.25, 0.3) is 6.43 Å². The summed E-state index contributed by atoms with van der Waals surface area (Å²) in [5, 5.41) is 0. The van der Waals surface area contributed by atoms with E-state index in [1.54, 1.807) is 12.1 Å². The summed E-state index contributed by atoms with van der Waals surface area (Å²) in [7, 11) is 0. The second-order valence-corrected chi connectivity index (χ2v) is 2.83. The van der Waals surface area contributed by atoms with Crippen molar-refractivity contribution < 1.29 is 8.78 Å². The van der Waals surface area contributed by atoms with Gasteiger partial charge in [-0.25, -0.2) is 8.78 Å². The molecule has 1 aromatic heterocycles. The zero-order valence-electron chi connectivity index (χ0n) is 4.89. The van der Waals surface area contributed by atoms with Crippen molar-refractivity contribution in [1.29, 1.82) is 0 Å². The number of alkyl halides is 2. The molecule has 0 fully saturated rings.